The molecule has 0 atom stereocenters. The summed E-state index contributed by atoms with van der Waals surface area (Å²) < 4.78 is 0. The molecule has 102 valence electrons. The summed E-state index contributed by atoms with van der Waals surface area (Å²) in [6.45, 7) is 0. The lowest BCUT2D eigenvalue weighted by Gasteiger charge is -1.99. The van der Waals surface area contributed by atoms with E-state index in [0.717, 1.165) is 5.56 Å². The minimum atomic E-state index is 0.100. The first-order valence-corrected chi connectivity index (χ1v) is 6.14. The fourth-order valence-corrected chi connectivity index (χ4v) is 1.99. The van der Waals surface area contributed by atoms with Crippen molar-refractivity contribution in [2.24, 2.45) is 0 Å². The Labute approximate surface area is 117 Å². The Kier molecular flexibility index (Phi) is 2.37. The lowest BCUT2D eigenvalue weighted by atomic mass is 10.2. The molecule has 9 nitrogen and oxygen atoms in total. The summed E-state index contributed by atoms with van der Waals surface area (Å²) in [5.41, 5.74) is 7.59. The van der Waals surface area contributed by atoms with E-state index >= 15 is 0 Å². The van der Waals surface area contributed by atoms with Gasteiger partial charge < -0.3 is 10.7 Å². The van der Waals surface area contributed by atoms with Crippen LogP contribution in [-0.2, 0) is 0 Å². The van der Waals surface area contributed by atoms with Crippen molar-refractivity contribution in [2.45, 2.75) is 0 Å². The number of fused-ring (bicyclic) bond motifs is 1. The number of nitrogens with zero attached hydrogens (tertiary/aromatic N) is 7. The third kappa shape index (κ3) is 1.87. The molecule has 4 rings (SSSR count). The summed E-state index contributed by atoms with van der Waals surface area (Å²) in [5, 5.41) is 12.4. The van der Waals surface area contributed by atoms with E-state index < -0.39 is 0 Å². The highest BCUT2D eigenvalue weighted by Gasteiger charge is 2.14. The number of benzene rings is 1. The van der Waals surface area contributed by atoms with Crippen LogP contribution in [0, 0.1) is 0 Å². The second-order valence-electron chi connectivity index (χ2n) is 4.28. The maximum absolute atomic E-state index is 5.67. The highest BCUT2D eigenvalue weighted by atomic mass is 15.6. The molecule has 1 aromatic carbocycles. The molecule has 21 heavy (non-hydrogen) atoms. The van der Waals surface area contributed by atoms with E-state index in [0.29, 0.717) is 22.8 Å². The molecule has 0 aliphatic rings. The maximum Gasteiger partial charge on any atom is 0.224 e. The molecule has 0 unspecified atom stereocenters. The summed E-state index contributed by atoms with van der Waals surface area (Å²) in [7, 11) is 0. The Morgan fingerprint density at radius 3 is 2.81 bits per heavy atom. The van der Waals surface area contributed by atoms with Crippen molar-refractivity contribution in [3.05, 3.63) is 36.7 Å². The van der Waals surface area contributed by atoms with Gasteiger partial charge in [-0.3, -0.25) is 0 Å². The minimum absolute atomic E-state index is 0.100. The zero-order chi connectivity index (χ0) is 14.2. The van der Waals surface area contributed by atoms with Crippen molar-refractivity contribution in [3.63, 3.8) is 0 Å². The molecular weight excluding hydrogens is 270 g/mol. The van der Waals surface area contributed by atoms with Gasteiger partial charge in [0.15, 0.2) is 5.65 Å². The molecular formula is C12H9N9. The minimum Gasteiger partial charge on any atom is -0.368 e. The van der Waals surface area contributed by atoms with Crippen LogP contribution < -0.4 is 5.73 Å². The van der Waals surface area contributed by atoms with Crippen LogP contribution in [0.5, 0.6) is 0 Å². The molecule has 0 aliphatic carbocycles. The molecule has 0 bridgehead atoms. The Morgan fingerprint density at radius 1 is 1.10 bits per heavy atom. The largest absolute Gasteiger partial charge is 0.368 e. The predicted octanol–water partition coefficient (Wildman–Crippen LogP) is 0.578. The standard InChI is InChI=1S/C12H9N9/c13-12-16-10-8(14-6-15-10)11(17-12)21-19-9(18-20-21)7-4-2-1-3-5-7/h1-6H,(H3,13,14,15,16,17). The smallest absolute Gasteiger partial charge is 0.224 e. The number of aromatic nitrogens is 8. The number of hydrogen-bond acceptors (Lipinski definition) is 7. The Hall–Kier alpha value is -3.36. The first-order valence-electron chi connectivity index (χ1n) is 6.14. The van der Waals surface area contributed by atoms with Gasteiger partial charge in [-0.25, -0.2) is 4.98 Å². The van der Waals surface area contributed by atoms with Gasteiger partial charge in [0.1, 0.15) is 5.52 Å². The molecule has 0 radical (unpaired) electrons. The summed E-state index contributed by atoms with van der Waals surface area (Å²) in [5.74, 6) is 1.01. The van der Waals surface area contributed by atoms with Crippen molar-refractivity contribution in [1.82, 2.24) is 40.1 Å². The highest BCUT2D eigenvalue weighted by molar-refractivity contribution is 5.78. The SMILES string of the molecule is Nc1nc(-n2nnc(-c3ccccc3)n2)c2[nH]cnc2n1. The number of nitrogens with one attached hydrogen (secondary N) is 1. The molecule has 3 aromatic heterocycles. The van der Waals surface area contributed by atoms with Crippen molar-refractivity contribution in [3.8, 4) is 17.2 Å². The first-order chi connectivity index (χ1) is 10.3. The van der Waals surface area contributed by atoms with Crippen LogP contribution in [0.3, 0.4) is 0 Å². The monoisotopic (exact) mass is 279 g/mol. The van der Waals surface area contributed by atoms with Crippen LogP contribution in [0.4, 0.5) is 5.95 Å². The van der Waals surface area contributed by atoms with Crippen LogP contribution >= 0.6 is 0 Å². The summed E-state index contributed by atoms with van der Waals surface area (Å²) in [6, 6.07) is 9.55. The van der Waals surface area contributed by atoms with Gasteiger partial charge in [-0.15, -0.1) is 15.0 Å². The summed E-state index contributed by atoms with van der Waals surface area (Å²) in [4.78, 5) is 16.5. The van der Waals surface area contributed by atoms with Gasteiger partial charge >= 0.3 is 0 Å². The highest BCUT2D eigenvalue weighted by Crippen LogP contribution is 2.17. The predicted molar refractivity (Wildman–Crippen MR) is 74.2 cm³/mol. The molecule has 3 heterocycles. The maximum atomic E-state index is 5.67. The molecule has 3 N–H and O–H groups in total. The van der Waals surface area contributed by atoms with E-state index in [-0.39, 0.29) is 5.95 Å². The molecule has 4 aromatic rings. The Bertz CT molecular complexity index is 909. The third-order valence-electron chi connectivity index (χ3n) is 2.92. The number of rotatable bonds is 2. The van der Waals surface area contributed by atoms with E-state index in [4.69, 9.17) is 5.73 Å². The average molecular weight is 279 g/mol. The number of anilines is 1. The zero-order valence-electron chi connectivity index (χ0n) is 10.7. The quantitative estimate of drug-likeness (QED) is 0.549. The number of tetrazole rings is 1. The zero-order valence-corrected chi connectivity index (χ0v) is 10.7. The van der Waals surface area contributed by atoms with E-state index in [9.17, 15) is 0 Å². The fraction of sp³-hybridized carbons (Fsp3) is 0. The Morgan fingerprint density at radius 2 is 1.95 bits per heavy atom. The third-order valence-corrected chi connectivity index (χ3v) is 2.92. The first kappa shape index (κ1) is 11.5. The van der Waals surface area contributed by atoms with Gasteiger partial charge in [0.2, 0.25) is 17.6 Å². The van der Waals surface area contributed by atoms with Crippen LogP contribution in [0.2, 0.25) is 0 Å². The van der Waals surface area contributed by atoms with E-state index in [1.165, 1.54) is 11.1 Å². The number of hydrogen-bond donors (Lipinski definition) is 2. The second kappa shape index (κ2) is 4.34. The van der Waals surface area contributed by atoms with E-state index in [1.807, 2.05) is 30.3 Å². The Balaban J connectivity index is 1.87. The van der Waals surface area contributed by atoms with Crippen LogP contribution in [0.15, 0.2) is 36.7 Å². The van der Waals surface area contributed by atoms with Crippen LogP contribution in [-0.4, -0.2) is 40.1 Å². The van der Waals surface area contributed by atoms with Crippen molar-refractivity contribution < 1.29 is 0 Å². The molecule has 0 aliphatic heterocycles. The molecule has 0 fully saturated rings. The van der Waals surface area contributed by atoms with Crippen LogP contribution in [0.1, 0.15) is 0 Å². The normalized spacial score (nSPS) is 11.0. The number of nitrogens with two attached hydrogens (primary N) is 1. The number of H-pyrrole nitrogens is 1. The van der Waals surface area contributed by atoms with Gasteiger partial charge in [-0.2, -0.15) is 9.97 Å². The number of nitrogen functional groups attached to an aromatic ring is 1. The number of aromatic amines is 1. The van der Waals surface area contributed by atoms with Crippen LogP contribution in [0.25, 0.3) is 28.4 Å². The van der Waals surface area contributed by atoms with Crippen molar-refractivity contribution >= 4 is 17.1 Å². The summed E-state index contributed by atoms with van der Waals surface area (Å²) >= 11 is 0. The van der Waals surface area contributed by atoms with E-state index in [2.05, 4.69) is 35.3 Å². The fourth-order valence-electron chi connectivity index (χ4n) is 1.99. The lowest BCUT2D eigenvalue weighted by molar-refractivity contribution is 0.704. The van der Waals surface area contributed by atoms with Gasteiger partial charge in [0, 0.05) is 5.56 Å². The van der Waals surface area contributed by atoms with Gasteiger partial charge in [0.05, 0.1) is 6.33 Å². The lowest BCUT2D eigenvalue weighted by Crippen LogP contribution is -2.07. The number of imidazole rings is 1. The molecule has 9 heteroatoms. The summed E-state index contributed by atoms with van der Waals surface area (Å²) in [6.07, 6.45) is 1.51. The molecule has 0 saturated carbocycles. The molecule has 0 spiro atoms. The van der Waals surface area contributed by atoms with Gasteiger partial charge in [-0.1, -0.05) is 30.3 Å². The van der Waals surface area contributed by atoms with Gasteiger partial charge in [0.25, 0.3) is 0 Å². The topological polar surface area (TPSA) is 124 Å². The molecule has 0 amide bonds. The average Bonchev–Trinajstić information content (AvgIpc) is 3.16. The van der Waals surface area contributed by atoms with Crippen molar-refractivity contribution in [2.75, 3.05) is 5.73 Å². The van der Waals surface area contributed by atoms with Crippen molar-refractivity contribution in [1.29, 1.82) is 0 Å². The second-order valence-corrected chi connectivity index (χ2v) is 4.28. The van der Waals surface area contributed by atoms with E-state index in [1.54, 1.807) is 0 Å². The molecule has 0 saturated heterocycles. The van der Waals surface area contributed by atoms with Gasteiger partial charge in [-0.05, 0) is 5.21 Å².